The molecule has 6 rings (SSSR count). The number of benzene rings is 1. The van der Waals surface area contributed by atoms with E-state index in [9.17, 15) is 9.59 Å². The van der Waals surface area contributed by atoms with Gasteiger partial charge in [-0.15, -0.1) is 0 Å². The minimum Gasteiger partial charge on any atom is -0.245 e. The van der Waals surface area contributed by atoms with E-state index in [0.29, 0.717) is 5.69 Å². The van der Waals surface area contributed by atoms with Crippen LogP contribution < -0.4 is 11.4 Å². The van der Waals surface area contributed by atoms with E-state index in [-0.39, 0.29) is 23.0 Å². The lowest BCUT2D eigenvalue weighted by molar-refractivity contribution is 0.137. The molecule has 0 N–H and O–H groups in total. The lowest BCUT2D eigenvalue weighted by atomic mass is 9.71. The molecule has 5 nitrogen and oxygen atoms in total. The Morgan fingerprint density at radius 2 is 1.87 bits per heavy atom. The number of hydrogen-bond acceptors (Lipinski definition) is 2. The molecule has 0 saturated heterocycles. The maximum absolute atomic E-state index is 13.1. The second kappa shape index (κ2) is 4.25. The van der Waals surface area contributed by atoms with Crippen LogP contribution in [0.1, 0.15) is 31.7 Å². The van der Waals surface area contributed by atoms with Crippen LogP contribution in [0, 0.1) is 0 Å². The molecule has 1 spiro atoms. The molecule has 0 saturated carbocycles. The monoisotopic (exact) mass is 307 g/mol. The van der Waals surface area contributed by atoms with E-state index >= 15 is 0 Å². The molecule has 0 amide bonds. The van der Waals surface area contributed by atoms with Gasteiger partial charge in [-0.2, -0.15) is 0 Å². The molecule has 1 aromatic carbocycles. The fourth-order valence-electron chi connectivity index (χ4n) is 4.45. The normalized spacial score (nSPS) is 27.5. The molecule has 0 fully saturated rings. The van der Waals surface area contributed by atoms with E-state index < -0.39 is 0 Å². The van der Waals surface area contributed by atoms with Gasteiger partial charge in [0.1, 0.15) is 0 Å². The molecule has 0 radical (unpaired) electrons. The average molecular weight is 307 g/mol. The third-order valence-electron chi connectivity index (χ3n) is 5.51. The number of hydrogen-bond donors (Lipinski definition) is 0. The molecule has 1 aromatic heterocycles. The van der Waals surface area contributed by atoms with Crippen molar-refractivity contribution in [3.05, 3.63) is 75.1 Å². The van der Waals surface area contributed by atoms with Gasteiger partial charge >= 0.3 is 11.4 Å². The Morgan fingerprint density at radius 3 is 2.70 bits per heavy atom. The van der Waals surface area contributed by atoms with Crippen LogP contribution in [0.2, 0.25) is 0 Å². The summed E-state index contributed by atoms with van der Waals surface area (Å²) in [5.74, 6) is 0. The van der Waals surface area contributed by atoms with Gasteiger partial charge in [0, 0.05) is 0 Å². The molecule has 4 aliphatic rings. The first-order valence-electron chi connectivity index (χ1n) is 8.11. The molecule has 2 aliphatic carbocycles. The van der Waals surface area contributed by atoms with Crippen molar-refractivity contribution < 1.29 is 0 Å². The van der Waals surface area contributed by atoms with Crippen molar-refractivity contribution in [2.24, 2.45) is 0 Å². The number of fused-ring (bicyclic) bond motifs is 1. The summed E-state index contributed by atoms with van der Waals surface area (Å²) in [7, 11) is 0. The third-order valence-corrected chi connectivity index (χ3v) is 5.51. The Kier molecular flexibility index (Phi) is 2.39. The highest BCUT2D eigenvalue weighted by molar-refractivity contribution is 5.35. The molecular weight excluding hydrogens is 290 g/mol. The molecule has 2 bridgehead atoms. The minimum absolute atomic E-state index is 0.00328. The van der Waals surface area contributed by atoms with E-state index in [1.807, 2.05) is 30.3 Å². The van der Waals surface area contributed by atoms with Crippen LogP contribution in [0.15, 0.2) is 63.7 Å². The Hall–Kier alpha value is -2.56. The highest BCUT2D eigenvalue weighted by Crippen LogP contribution is 2.48. The summed E-state index contributed by atoms with van der Waals surface area (Å²) >= 11 is 0. The molecular formula is C18H17N3O2. The van der Waals surface area contributed by atoms with Crippen molar-refractivity contribution in [1.29, 1.82) is 0 Å². The maximum Gasteiger partial charge on any atom is 0.352 e. The summed E-state index contributed by atoms with van der Waals surface area (Å²) in [6, 6.07) is 9.21. The standard InChI is InChI=1S/C18H17N3O2/c22-16-19(14-7-2-1-3-8-14)17(23)21-18-10-5-4-6-13(18)12-15(9-11-18)20(16)21/h1-5,7-8,12,15H,6,9-11H2/t15-,18+/m1/s1. The van der Waals surface area contributed by atoms with Gasteiger partial charge in [0.05, 0.1) is 17.3 Å². The van der Waals surface area contributed by atoms with E-state index in [1.165, 1.54) is 10.1 Å². The van der Waals surface area contributed by atoms with Crippen LogP contribution in [0.4, 0.5) is 0 Å². The Labute approximate surface area is 132 Å². The van der Waals surface area contributed by atoms with Crippen molar-refractivity contribution in [1.82, 2.24) is 13.9 Å². The van der Waals surface area contributed by atoms with Gasteiger partial charge < -0.3 is 0 Å². The zero-order valence-electron chi connectivity index (χ0n) is 12.7. The van der Waals surface area contributed by atoms with Gasteiger partial charge in [-0.05, 0) is 43.4 Å². The van der Waals surface area contributed by atoms with Gasteiger partial charge in [-0.1, -0.05) is 36.4 Å². The van der Waals surface area contributed by atoms with Gasteiger partial charge in [0.25, 0.3) is 0 Å². The number of aromatic nitrogens is 3. The van der Waals surface area contributed by atoms with Crippen LogP contribution in [0.3, 0.4) is 0 Å². The summed E-state index contributed by atoms with van der Waals surface area (Å²) in [5.41, 5.74) is 1.16. The predicted octanol–water partition coefficient (Wildman–Crippen LogP) is 2.12. The Bertz CT molecular complexity index is 974. The lowest BCUT2D eigenvalue weighted by Crippen LogP contribution is -2.54. The number of rotatable bonds is 1. The zero-order valence-corrected chi connectivity index (χ0v) is 12.7. The van der Waals surface area contributed by atoms with Crippen molar-refractivity contribution in [3.8, 4) is 5.69 Å². The van der Waals surface area contributed by atoms with Crippen LogP contribution >= 0.6 is 0 Å². The molecule has 2 aliphatic heterocycles. The highest BCUT2D eigenvalue weighted by Gasteiger charge is 2.49. The second-order valence-electron chi connectivity index (χ2n) is 6.60. The van der Waals surface area contributed by atoms with Crippen LogP contribution in [0.5, 0.6) is 0 Å². The third kappa shape index (κ3) is 1.47. The van der Waals surface area contributed by atoms with E-state index in [4.69, 9.17) is 0 Å². The minimum atomic E-state index is -0.334. The van der Waals surface area contributed by atoms with Gasteiger partial charge in [0.15, 0.2) is 0 Å². The fraction of sp³-hybridized carbons (Fsp3) is 0.333. The predicted molar refractivity (Wildman–Crippen MR) is 87.0 cm³/mol. The maximum atomic E-state index is 13.1. The van der Waals surface area contributed by atoms with Crippen molar-refractivity contribution in [2.45, 2.75) is 37.3 Å². The number of allylic oxidation sites excluding steroid dienone is 4. The molecule has 0 unspecified atom stereocenters. The number of nitrogens with zero attached hydrogens (tertiary/aromatic N) is 3. The van der Waals surface area contributed by atoms with Crippen LogP contribution in [0.25, 0.3) is 5.69 Å². The second-order valence-corrected chi connectivity index (χ2v) is 6.60. The van der Waals surface area contributed by atoms with Crippen molar-refractivity contribution >= 4 is 0 Å². The Morgan fingerprint density at radius 1 is 1.04 bits per heavy atom. The topological polar surface area (TPSA) is 48.9 Å². The number of para-hydroxylation sites is 1. The summed E-state index contributed by atoms with van der Waals surface area (Å²) < 4.78 is 4.74. The fourth-order valence-corrected chi connectivity index (χ4v) is 4.45. The molecule has 5 heteroatoms. The van der Waals surface area contributed by atoms with Crippen LogP contribution in [-0.2, 0) is 5.54 Å². The van der Waals surface area contributed by atoms with E-state index in [0.717, 1.165) is 25.7 Å². The van der Waals surface area contributed by atoms with Gasteiger partial charge in [-0.3, -0.25) is 0 Å². The summed E-state index contributed by atoms with van der Waals surface area (Å²) in [5, 5.41) is 0. The largest absolute Gasteiger partial charge is 0.352 e. The van der Waals surface area contributed by atoms with Crippen molar-refractivity contribution in [2.75, 3.05) is 0 Å². The summed E-state index contributed by atoms with van der Waals surface area (Å²) in [6.07, 6.45) is 10.1. The van der Waals surface area contributed by atoms with Crippen molar-refractivity contribution in [3.63, 3.8) is 0 Å². The van der Waals surface area contributed by atoms with E-state index in [2.05, 4.69) is 18.2 Å². The molecule has 3 heterocycles. The molecule has 23 heavy (non-hydrogen) atoms. The first-order chi connectivity index (χ1) is 11.2. The van der Waals surface area contributed by atoms with Gasteiger partial charge in [0.2, 0.25) is 0 Å². The zero-order chi connectivity index (χ0) is 15.6. The summed E-state index contributed by atoms with van der Waals surface area (Å²) in [6.45, 7) is 0. The van der Waals surface area contributed by atoms with E-state index in [1.54, 1.807) is 9.36 Å². The lowest BCUT2D eigenvalue weighted by Gasteiger charge is -2.48. The first kappa shape index (κ1) is 12.9. The average Bonchev–Trinajstić information content (AvgIpc) is 2.88. The summed E-state index contributed by atoms with van der Waals surface area (Å²) in [4.78, 5) is 26.1. The van der Waals surface area contributed by atoms with Gasteiger partial charge in [-0.25, -0.2) is 23.5 Å². The highest BCUT2D eigenvalue weighted by atomic mass is 16.2. The molecule has 116 valence electrons. The first-order valence-corrected chi connectivity index (χ1v) is 8.11. The molecule has 2 atom stereocenters. The SMILES string of the molecule is O=c1n(-c2ccccc2)c(=O)n2n1[C@H]1C=C3CC=CC[C@]32CC1. The smallest absolute Gasteiger partial charge is 0.245 e. The Balaban J connectivity index is 1.85. The quantitative estimate of drug-likeness (QED) is 0.758. The molecule has 2 aromatic rings. The van der Waals surface area contributed by atoms with Crippen LogP contribution in [-0.4, -0.2) is 13.9 Å².